The average molecular weight is 472 g/mol. The molecule has 4 rings (SSSR count). The molecule has 1 heterocycles. The molecular weight excluding hydrogens is 434 g/mol. The minimum Gasteiger partial charge on any atom is -0.508 e. The van der Waals surface area contributed by atoms with E-state index < -0.39 is 0 Å². The molecule has 0 bridgehead atoms. The van der Waals surface area contributed by atoms with Crippen molar-refractivity contribution in [3.8, 4) is 17.2 Å². The Labute approximate surface area is 209 Å². The Bertz CT molecular complexity index is 1080. The SMILES string of the molecule is COc1ccc(C/C(C)=C(\c2ccc(O)cc2)c2ccc(OCCN3CCCCCC3)cc2)cc1. The van der Waals surface area contributed by atoms with Crippen LogP contribution in [-0.2, 0) is 6.42 Å². The molecule has 0 amide bonds. The Morgan fingerprint density at radius 3 is 1.94 bits per heavy atom. The third-order valence-corrected chi connectivity index (χ3v) is 6.73. The normalized spacial score (nSPS) is 15.3. The molecule has 4 nitrogen and oxygen atoms in total. The average Bonchev–Trinajstić information content (AvgIpc) is 3.16. The summed E-state index contributed by atoms with van der Waals surface area (Å²) in [5.74, 6) is 2.04. The lowest BCUT2D eigenvalue weighted by molar-refractivity contribution is 0.214. The highest BCUT2D eigenvalue weighted by molar-refractivity contribution is 5.82. The summed E-state index contributed by atoms with van der Waals surface area (Å²) in [5.41, 5.74) is 5.89. The molecule has 1 aliphatic rings. The van der Waals surface area contributed by atoms with Crippen molar-refractivity contribution < 1.29 is 14.6 Å². The first kappa shape index (κ1) is 24.9. The summed E-state index contributed by atoms with van der Waals surface area (Å²) in [6, 6.07) is 24.1. The zero-order valence-electron chi connectivity index (χ0n) is 21.0. The molecule has 1 saturated heterocycles. The Balaban J connectivity index is 1.50. The second-order valence-corrected chi connectivity index (χ2v) is 9.36. The first-order valence-electron chi connectivity index (χ1n) is 12.7. The molecule has 1 aliphatic heterocycles. The van der Waals surface area contributed by atoms with Crippen LogP contribution in [0.3, 0.4) is 0 Å². The molecule has 0 aromatic heterocycles. The summed E-state index contributed by atoms with van der Waals surface area (Å²) in [5, 5.41) is 9.81. The van der Waals surface area contributed by atoms with Gasteiger partial charge in [0.25, 0.3) is 0 Å². The van der Waals surface area contributed by atoms with Crippen LogP contribution in [0.15, 0.2) is 78.4 Å². The number of hydrogen-bond acceptors (Lipinski definition) is 4. The van der Waals surface area contributed by atoms with Crippen molar-refractivity contribution in [1.29, 1.82) is 0 Å². The molecule has 0 radical (unpaired) electrons. The van der Waals surface area contributed by atoms with E-state index in [2.05, 4.69) is 48.2 Å². The minimum atomic E-state index is 0.272. The summed E-state index contributed by atoms with van der Waals surface area (Å²) in [6.45, 7) is 6.27. The van der Waals surface area contributed by atoms with Gasteiger partial charge in [0.2, 0.25) is 0 Å². The number of likely N-dealkylation sites (tertiary alicyclic amines) is 1. The minimum absolute atomic E-state index is 0.272. The van der Waals surface area contributed by atoms with Crippen molar-refractivity contribution in [2.75, 3.05) is 33.4 Å². The lowest BCUT2D eigenvalue weighted by Crippen LogP contribution is -2.29. The second kappa shape index (κ2) is 12.5. The fraction of sp³-hybridized carbons (Fsp3) is 0.355. The highest BCUT2D eigenvalue weighted by Gasteiger charge is 2.12. The van der Waals surface area contributed by atoms with E-state index in [0.717, 1.165) is 42.2 Å². The fourth-order valence-corrected chi connectivity index (χ4v) is 4.80. The third-order valence-electron chi connectivity index (χ3n) is 6.73. The van der Waals surface area contributed by atoms with E-state index in [0.29, 0.717) is 0 Å². The van der Waals surface area contributed by atoms with Gasteiger partial charge >= 0.3 is 0 Å². The van der Waals surface area contributed by atoms with Crippen LogP contribution in [0.25, 0.3) is 5.57 Å². The fourth-order valence-electron chi connectivity index (χ4n) is 4.80. The number of phenols is 1. The molecule has 0 atom stereocenters. The number of allylic oxidation sites excluding steroid dienone is 1. The Morgan fingerprint density at radius 2 is 1.34 bits per heavy atom. The third kappa shape index (κ3) is 7.12. The Hall–Kier alpha value is -3.24. The van der Waals surface area contributed by atoms with Gasteiger partial charge in [-0.05, 0) is 97.9 Å². The molecule has 0 aliphatic carbocycles. The van der Waals surface area contributed by atoms with Crippen molar-refractivity contribution in [1.82, 2.24) is 4.90 Å². The van der Waals surface area contributed by atoms with Crippen LogP contribution in [0.4, 0.5) is 0 Å². The van der Waals surface area contributed by atoms with Crippen molar-refractivity contribution in [2.45, 2.75) is 39.0 Å². The van der Waals surface area contributed by atoms with Gasteiger partial charge in [0.05, 0.1) is 7.11 Å². The van der Waals surface area contributed by atoms with Gasteiger partial charge in [-0.25, -0.2) is 0 Å². The van der Waals surface area contributed by atoms with E-state index in [1.165, 1.54) is 55.5 Å². The number of aromatic hydroxyl groups is 1. The highest BCUT2D eigenvalue weighted by atomic mass is 16.5. The highest BCUT2D eigenvalue weighted by Crippen LogP contribution is 2.31. The molecule has 1 fully saturated rings. The maximum Gasteiger partial charge on any atom is 0.119 e. The van der Waals surface area contributed by atoms with Gasteiger partial charge in [0.15, 0.2) is 0 Å². The maximum atomic E-state index is 9.81. The number of phenolic OH excluding ortho intramolecular Hbond substituents is 1. The molecule has 35 heavy (non-hydrogen) atoms. The quantitative estimate of drug-likeness (QED) is 0.376. The lowest BCUT2D eigenvalue weighted by Gasteiger charge is -2.20. The number of ether oxygens (including phenoxy) is 2. The molecule has 0 unspecified atom stereocenters. The number of benzene rings is 3. The first-order chi connectivity index (χ1) is 17.1. The van der Waals surface area contributed by atoms with Gasteiger partial charge in [0.1, 0.15) is 23.9 Å². The number of nitrogens with zero attached hydrogens (tertiary/aromatic N) is 1. The number of hydrogen-bond donors (Lipinski definition) is 1. The van der Waals surface area contributed by atoms with Crippen molar-refractivity contribution >= 4 is 5.57 Å². The summed E-state index contributed by atoms with van der Waals surface area (Å²) >= 11 is 0. The van der Waals surface area contributed by atoms with E-state index in [4.69, 9.17) is 9.47 Å². The zero-order chi connectivity index (χ0) is 24.5. The van der Waals surface area contributed by atoms with Crippen LogP contribution < -0.4 is 9.47 Å². The summed E-state index contributed by atoms with van der Waals surface area (Å²) in [4.78, 5) is 2.52. The van der Waals surface area contributed by atoms with Crippen LogP contribution in [0.1, 0.15) is 49.3 Å². The first-order valence-corrected chi connectivity index (χ1v) is 12.7. The molecule has 3 aromatic rings. The Morgan fingerprint density at radius 1 is 0.771 bits per heavy atom. The molecule has 4 heteroatoms. The van der Waals surface area contributed by atoms with Crippen LogP contribution in [0.2, 0.25) is 0 Å². The van der Waals surface area contributed by atoms with Gasteiger partial charge in [-0.2, -0.15) is 0 Å². The van der Waals surface area contributed by atoms with Gasteiger partial charge in [-0.15, -0.1) is 0 Å². The van der Waals surface area contributed by atoms with E-state index in [-0.39, 0.29) is 5.75 Å². The van der Waals surface area contributed by atoms with Crippen molar-refractivity contribution in [2.24, 2.45) is 0 Å². The van der Waals surface area contributed by atoms with E-state index in [1.54, 1.807) is 19.2 Å². The van der Waals surface area contributed by atoms with Gasteiger partial charge in [0, 0.05) is 6.54 Å². The van der Waals surface area contributed by atoms with E-state index in [9.17, 15) is 5.11 Å². The summed E-state index contributed by atoms with van der Waals surface area (Å²) in [6.07, 6.45) is 6.14. The summed E-state index contributed by atoms with van der Waals surface area (Å²) in [7, 11) is 1.69. The number of methoxy groups -OCH3 is 1. The Kier molecular flexibility index (Phi) is 8.85. The second-order valence-electron chi connectivity index (χ2n) is 9.36. The van der Waals surface area contributed by atoms with Crippen LogP contribution in [0, 0.1) is 0 Å². The van der Waals surface area contributed by atoms with Gasteiger partial charge in [-0.3, -0.25) is 4.90 Å². The van der Waals surface area contributed by atoms with Gasteiger partial charge in [-0.1, -0.05) is 54.8 Å². The molecule has 3 aromatic carbocycles. The predicted octanol–water partition coefficient (Wildman–Crippen LogP) is 6.72. The van der Waals surface area contributed by atoms with Crippen molar-refractivity contribution in [3.05, 3.63) is 95.1 Å². The molecule has 184 valence electrons. The topological polar surface area (TPSA) is 41.9 Å². The van der Waals surface area contributed by atoms with Gasteiger partial charge < -0.3 is 14.6 Å². The smallest absolute Gasteiger partial charge is 0.119 e. The monoisotopic (exact) mass is 471 g/mol. The largest absolute Gasteiger partial charge is 0.508 e. The van der Waals surface area contributed by atoms with Crippen LogP contribution in [-0.4, -0.2) is 43.4 Å². The molecule has 1 N–H and O–H groups in total. The lowest BCUT2D eigenvalue weighted by atomic mass is 9.90. The van der Waals surface area contributed by atoms with Crippen LogP contribution in [0.5, 0.6) is 17.2 Å². The van der Waals surface area contributed by atoms with E-state index in [1.807, 2.05) is 24.3 Å². The molecule has 0 spiro atoms. The number of rotatable bonds is 9. The predicted molar refractivity (Wildman–Crippen MR) is 143 cm³/mol. The standard InChI is InChI=1S/C31H37NO3/c1-24(23-25-7-15-29(34-2)16-8-25)31(26-9-13-28(33)14-10-26)27-11-17-30(18-12-27)35-22-21-32-19-5-3-4-6-20-32/h7-18,33H,3-6,19-23H2,1-2H3/b31-24+. The van der Waals surface area contributed by atoms with Crippen molar-refractivity contribution in [3.63, 3.8) is 0 Å². The molecular formula is C31H37NO3. The maximum absolute atomic E-state index is 9.81. The molecule has 0 saturated carbocycles. The summed E-state index contributed by atoms with van der Waals surface area (Å²) < 4.78 is 11.4. The van der Waals surface area contributed by atoms with E-state index >= 15 is 0 Å². The zero-order valence-corrected chi connectivity index (χ0v) is 21.0. The van der Waals surface area contributed by atoms with Crippen LogP contribution >= 0.6 is 0 Å².